The van der Waals surface area contributed by atoms with Crippen molar-refractivity contribution in [3.63, 3.8) is 0 Å². The van der Waals surface area contributed by atoms with Crippen LogP contribution in [0.1, 0.15) is 27.6 Å². The summed E-state index contributed by atoms with van der Waals surface area (Å²) in [6.45, 7) is 0. The first-order valence-electron chi connectivity index (χ1n) is 11.4. The third-order valence-electron chi connectivity index (χ3n) is 5.93. The van der Waals surface area contributed by atoms with Gasteiger partial charge in [-0.05, 0) is 29.8 Å². The number of alkyl halides is 3. The predicted molar refractivity (Wildman–Crippen MR) is 132 cm³/mol. The minimum atomic E-state index is -4.64. The van der Waals surface area contributed by atoms with Crippen LogP contribution < -0.4 is 29.0 Å². The lowest BCUT2D eigenvalue weighted by Crippen LogP contribution is -2.41. The Morgan fingerprint density at radius 3 is 2.18 bits per heavy atom. The lowest BCUT2D eigenvalue weighted by molar-refractivity contribution is -0.137. The standard InChI is InChI=1S/C27H24F3NO8/c1-34-17-8-9-18-19(13-17)38-23(14-6-5-7-15(10-14)27(28,29)30)25(22(18)32)39-26(33)31-16-11-20(35-2)24(37-4)21(12-16)36-3/h5-13,23,25H,1-4H3,(H,31,33)/t23-,25+/m0/s1. The van der Waals surface area contributed by atoms with E-state index in [1.807, 2.05) is 0 Å². The first-order valence-corrected chi connectivity index (χ1v) is 11.4. The molecule has 0 aliphatic carbocycles. The number of hydrogen-bond acceptors (Lipinski definition) is 8. The lowest BCUT2D eigenvalue weighted by atomic mass is 9.92. The van der Waals surface area contributed by atoms with Crippen molar-refractivity contribution >= 4 is 17.6 Å². The fourth-order valence-corrected chi connectivity index (χ4v) is 4.09. The third-order valence-corrected chi connectivity index (χ3v) is 5.93. The second kappa shape index (κ2) is 11.0. The van der Waals surface area contributed by atoms with Crippen molar-refractivity contribution in [2.45, 2.75) is 18.4 Å². The molecular formula is C27H24F3NO8. The minimum Gasteiger partial charge on any atom is -0.497 e. The van der Waals surface area contributed by atoms with E-state index in [2.05, 4.69) is 5.32 Å². The number of Topliss-reactive ketones (excluding diaryl/α,β-unsaturated/α-hetero) is 1. The summed E-state index contributed by atoms with van der Waals surface area (Å²) in [7, 11) is 5.61. The maximum atomic E-state index is 13.4. The van der Waals surface area contributed by atoms with Gasteiger partial charge in [0.2, 0.25) is 17.6 Å². The Morgan fingerprint density at radius 2 is 1.59 bits per heavy atom. The Balaban J connectivity index is 1.69. The summed E-state index contributed by atoms with van der Waals surface area (Å²) in [5.74, 6) is 0.547. The Bertz CT molecular complexity index is 1370. The molecule has 2 atom stereocenters. The van der Waals surface area contributed by atoms with Crippen LogP contribution in [0.25, 0.3) is 0 Å². The number of nitrogens with one attached hydrogen (secondary N) is 1. The SMILES string of the molecule is COc1ccc2c(c1)O[C@@H](c1cccc(C(F)(F)F)c1)[C@H](OC(=O)Nc1cc(OC)c(OC)c(OC)c1)C2=O. The fraction of sp³-hybridized carbons (Fsp3) is 0.259. The zero-order valence-electron chi connectivity index (χ0n) is 21.3. The van der Waals surface area contributed by atoms with E-state index in [0.717, 1.165) is 12.1 Å². The molecule has 0 saturated heterocycles. The molecule has 0 unspecified atom stereocenters. The van der Waals surface area contributed by atoms with E-state index in [4.69, 9.17) is 28.4 Å². The summed E-state index contributed by atoms with van der Waals surface area (Å²) in [6, 6.07) is 11.5. The van der Waals surface area contributed by atoms with Gasteiger partial charge in [0, 0.05) is 18.2 Å². The van der Waals surface area contributed by atoms with E-state index in [1.54, 1.807) is 0 Å². The highest BCUT2D eigenvalue weighted by molar-refractivity contribution is 6.04. The molecule has 39 heavy (non-hydrogen) atoms. The van der Waals surface area contributed by atoms with Crippen LogP contribution in [0.4, 0.5) is 23.7 Å². The molecule has 3 aromatic rings. The van der Waals surface area contributed by atoms with Crippen LogP contribution in [0.3, 0.4) is 0 Å². The Hall–Kier alpha value is -4.61. The number of benzene rings is 3. The molecule has 0 aromatic heterocycles. The molecule has 3 aromatic carbocycles. The molecular weight excluding hydrogens is 523 g/mol. The third kappa shape index (κ3) is 5.64. The highest BCUT2D eigenvalue weighted by atomic mass is 19.4. The normalized spacial score (nSPS) is 16.4. The van der Waals surface area contributed by atoms with Gasteiger partial charge in [0.15, 0.2) is 17.6 Å². The van der Waals surface area contributed by atoms with Gasteiger partial charge in [-0.3, -0.25) is 10.1 Å². The summed E-state index contributed by atoms with van der Waals surface area (Å²) in [5.41, 5.74) is -0.714. The Labute approximate surface area is 221 Å². The molecule has 0 spiro atoms. The average molecular weight is 547 g/mol. The summed E-state index contributed by atoms with van der Waals surface area (Å²) >= 11 is 0. The van der Waals surface area contributed by atoms with Crippen LogP contribution in [0.5, 0.6) is 28.7 Å². The van der Waals surface area contributed by atoms with Crippen molar-refractivity contribution < 1.29 is 51.2 Å². The molecule has 9 nitrogen and oxygen atoms in total. The van der Waals surface area contributed by atoms with Crippen LogP contribution in [-0.2, 0) is 10.9 Å². The number of rotatable bonds is 7. The number of ether oxygens (including phenoxy) is 6. The number of ketones is 1. The smallest absolute Gasteiger partial charge is 0.416 e. The Kier molecular flexibility index (Phi) is 7.75. The summed E-state index contributed by atoms with van der Waals surface area (Å²) in [4.78, 5) is 26.4. The Morgan fingerprint density at radius 1 is 0.897 bits per heavy atom. The molecule has 4 rings (SSSR count). The monoisotopic (exact) mass is 547 g/mol. The van der Waals surface area contributed by atoms with Gasteiger partial charge in [-0.2, -0.15) is 13.2 Å². The first-order chi connectivity index (χ1) is 18.6. The summed E-state index contributed by atoms with van der Waals surface area (Å²) < 4.78 is 72.6. The number of amides is 1. The average Bonchev–Trinajstić information content (AvgIpc) is 2.93. The van der Waals surface area contributed by atoms with E-state index in [0.29, 0.717) is 5.75 Å². The van der Waals surface area contributed by atoms with Gasteiger partial charge in [-0.1, -0.05) is 12.1 Å². The number of methoxy groups -OCH3 is 4. The van der Waals surface area contributed by atoms with E-state index < -0.39 is 35.8 Å². The summed E-state index contributed by atoms with van der Waals surface area (Å²) in [5, 5.41) is 2.48. The number of hydrogen-bond donors (Lipinski definition) is 1. The van der Waals surface area contributed by atoms with Crippen LogP contribution in [0.15, 0.2) is 54.6 Å². The topological polar surface area (TPSA) is 102 Å². The highest BCUT2D eigenvalue weighted by Crippen LogP contribution is 2.42. The second-order valence-electron chi connectivity index (χ2n) is 8.25. The van der Waals surface area contributed by atoms with Crippen LogP contribution >= 0.6 is 0 Å². The van der Waals surface area contributed by atoms with Gasteiger partial charge in [0.25, 0.3) is 0 Å². The maximum Gasteiger partial charge on any atom is 0.416 e. The quantitative estimate of drug-likeness (QED) is 0.404. The molecule has 0 fully saturated rings. The fourth-order valence-electron chi connectivity index (χ4n) is 4.09. The van der Waals surface area contributed by atoms with Crippen LogP contribution in [0, 0.1) is 0 Å². The van der Waals surface area contributed by atoms with Gasteiger partial charge in [0.1, 0.15) is 11.5 Å². The largest absolute Gasteiger partial charge is 0.497 e. The lowest BCUT2D eigenvalue weighted by Gasteiger charge is -2.32. The van der Waals surface area contributed by atoms with Crippen molar-refractivity contribution in [1.29, 1.82) is 0 Å². The first kappa shape index (κ1) is 27.4. The number of anilines is 1. The van der Waals surface area contributed by atoms with E-state index in [1.165, 1.54) is 70.9 Å². The van der Waals surface area contributed by atoms with Gasteiger partial charge in [-0.25, -0.2) is 4.79 Å². The van der Waals surface area contributed by atoms with Gasteiger partial charge in [-0.15, -0.1) is 0 Å². The number of halogens is 3. The van der Waals surface area contributed by atoms with E-state index in [-0.39, 0.29) is 39.8 Å². The number of carbonyl (C=O) groups excluding carboxylic acids is 2. The van der Waals surface area contributed by atoms with Gasteiger partial charge < -0.3 is 28.4 Å². The maximum absolute atomic E-state index is 13.4. The second-order valence-corrected chi connectivity index (χ2v) is 8.25. The van der Waals surface area contributed by atoms with E-state index in [9.17, 15) is 22.8 Å². The van der Waals surface area contributed by atoms with E-state index >= 15 is 0 Å². The van der Waals surface area contributed by atoms with Crippen molar-refractivity contribution in [3.8, 4) is 28.7 Å². The summed E-state index contributed by atoms with van der Waals surface area (Å²) in [6.07, 6.45) is -8.71. The van der Waals surface area contributed by atoms with Crippen molar-refractivity contribution in [2.75, 3.05) is 33.8 Å². The molecule has 0 saturated carbocycles. The van der Waals surface area contributed by atoms with Crippen molar-refractivity contribution in [2.24, 2.45) is 0 Å². The highest BCUT2D eigenvalue weighted by Gasteiger charge is 2.42. The predicted octanol–water partition coefficient (Wildman–Crippen LogP) is 5.67. The zero-order valence-corrected chi connectivity index (χ0v) is 21.3. The van der Waals surface area contributed by atoms with Gasteiger partial charge >= 0.3 is 12.3 Å². The number of carbonyl (C=O) groups is 2. The molecule has 1 N–H and O–H groups in total. The molecule has 1 amide bonds. The molecule has 12 heteroatoms. The van der Waals surface area contributed by atoms with Crippen molar-refractivity contribution in [3.05, 3.63) is 71.3 Å². The molecule has 0 radical (unpaired) electrons. The van der Waals surface area contributed by atoms with Gasteiger partial charge in [0.05, 0.1) is 45.3 Å². The molecule has 0 bridgehead atoms. The molecule has 1 aliphatic rings. The minimum absolute atomic E-state index is 0.0165. The molecule has 1 aliphatic heterocycles. The number of fused-ring (bicyclic) bond motifs is 1. The van der Waals surface area contributed by atoms with Crippen LogP contribution in [-0.4, -0.2) is 46.4 Å². The van der Waals surface area contributed by atoms with Crippen LogP contribution in [0.2, 0.25) is 0 Å². The molecule has 1 heterocycles. The molecule has 206 valence electrons. The zero-order chi connectivity index (χ0) is 28.3. The van der Waals surface area contributed by atoms with Crippen molar-refractivity contribution in [1.82, 2.24) is 0 Å².